The maximum Gasteiger partial charge on any atom is 0.326 e. The van der Waals surface area contributed by atoms with Gasteiger partial charge in [-0.3, -0.25) is 4.90 Å². The van der Waals surface area contributed by atoms with Gasteiger partial charge in [-0.15, -0.1) is 0 Å². The molecular formula is C17H18N2O3. The van der Waals surface area contributed by atoms with Crippen LogP contribution in [0.3, 0.4) is 0 Å². The van der Waals surface area contributed by atoms with Gasteiger partial charge in [0.15, 0.2) is 0 Å². The Bertz CT molecular complexity index is 672. The first-order valence-corrected chi connectivity index (χ1v) is 7.31. The standard InChI is InChI=1S/C17H18N2O3/c1-2-21-15-9-5-3-7-13(15)18-17(20)19-11-12-22-16-10-6-4-8-14(16)19/h3-10H,2,11-12H2,1H3,(H,18,20). The molecule has 5 heteroatoms. The second-order valence-electron chi connectivity index (χ2n) is 4.83. The van der Waals surface area contributed by atoms with E-state index in [9.17, 15) is 4.79 Å². The van der Waals surface area contributed by atoms with Crippen molar-refractivity contribution in [1.82, 2.24) is 0 Å². The monoisotopic (exact) mass is 298 g/mol. The van der Waals surface area contributed by atoms with Gasteiger partial charge in [0.05, 0.1) is 24.5 Å². The van der Waals surface area contributed by atoms with Gasteiger partial charge in [-0.2, -0.15) is 0 Å². The molecule has 0 saturated heterocycles. The average molecular weight is 298 g/mol. The molecule has 0 saturated carbocycles. The van der Waals surface area contributed by atoms with Crippen LogP contribution < -0.4 is 19.7 Å². The Morgan fingerprint density at radius 2 is 2.00 bits per heavy atom. The van der Waals surface area contributed by atoms with Crippen LogP contribution >= 0.6 is 0 Å². The number of nitrogens with one attached hydrogen (secondary N) is 1. The van der Waals surface area contributed by atoms with E-state index in [1.807, 2.05) is 55.5 Å². The third-order valence-electron chi connectivity index (χ3n) is 3.40. The van der Waals surface area contributed by atoms with Crippen molar-refractivity contribution in [3.05, 3.63) is 48.5 Å². The lowest BCUT2D eigenvalue weighted by molar-refractivity contribution is 0.250. The molecule has 0 bridgehead atoms. The van der Waals surface area contributed by atoms with Crippen LogP contribution in [-0.2, 0) is 0 Å². The first kappa shape index (κ1) is 14.3. The van der Waals surface area contributed by atoms with Crippen molar-refractivity contribution in [2.75, 3.05) is 30.0 Å². The molecule has 2 amide bonds. The highest BCUT2D eigenvalue weighted by atomic mass is 16.5. The number of para-hydroxylation sites is 4. The number of urea groups is 1. The zero-order valence-corrected chi connectivity index (χ0v) is 12.4. The molecule has 1 N–H and O–H groups in total. The van der Waals surface area contributed by atoms with E-state index in [0.717, 1.165) is 11.4 Å². The highest BCUT2D eigenvalue weighted by Crippen LogP contribution is 2.32. The van der Waals surface area contributed by atoms with Gasteiger partial charge in [0.25, 0.3) is 0 Å². The number of nitrogens with zero attached hydrogens (tertiary/aromatic N) is 1. The summed E-state index contributed by atoms with van der Waals surface area (Å²) in [6.07, 6.45) is 0. The lowest BCUT2D eigenvalue weighted by Crippen LogP contribution is -2.40. The van der Waals surface area contributed by atoms with Crippen molar-refractivity contribution in [3.8, 4) is 11.5 Å². The predicted molar refractivity (Wildman–Crippen MR) is 85.9 cm³/mol. The summed E-state index contributed by atoms with van der Waals surface area (Å²) in [6, 6.07) is 14.7. The van der Waals surface area contributed by atoms with Crippen LogP contribution in [0.15, 0.2) is 48.5 Å². The Balaban J connectivity index is 1.81. The second kappa shape index (κ2) is 6.39. The Labute approximate surface area is 129 Å². The molecule has 3 rings (SSSR count). The van der Waals surface area contributed by atoms with Crippen molar-refractivity contribution in [3.63, 3.8) is 0 Å². The average Bonchev–Trinajstić information content (AvgIpc) is 2.56. The number of carbonyl (C=O) groups is 1. The number of fused-ring (bicyclic) bond motifs is 1. The molecule has 0 spiro atoms. The molecule has 0 fully saturated rings. The molecule has 114 valence electrons. The summed E-state index contributed by atoms with van der Waals surface area (Å²) < 4.78 is 11.1. The fourth-order valence-electron chi connectivity index (χ4n) is 2.41. The van der Waals surface area contributed by atoms with Crippen LogP contribution in [0.1, 0.15) is 6.92 Å². The Morgan fingerprint density at radius 3 is 2.86 bits per heavy atom. The molecule has 1 heterocycles. The van der Waals surface area contributed by atoms with Gasteiger partial charge in [0.2, 0.25) is 0 Å². The molecular weight excluding hydrogens is 280 g/mol. The Kier molecular flexibility index (Phi) is 4.14. The van der Waals surface area contributed by atoms with E-state index in [-0.39, 0.29) is 6.03 Å². The number of amides is 2. The SMILES string of the molecule is CCOc1ccccc1NC(=O)N1CCOc2ccccc21. The summed E-state index contributed by atoms with van der Waals surface area (Å²) in [7, 11) is 0. The summed E-state index contributed by atoms with van der Waals surface area (Å²) in [4.78, 5) is 14.3. The molecule has 1 aliphatic heterocycles. The van der Waals surface area contributed by atoms with Crippen LogP contribution in [0.5, 0.6) is 11.5 Å². The number of ether oxygens (including phenoxy) is 2. The summed E-state index contributed by atoms with van der Waals surface area (Å²) in [5, 5.41) is 2.91. The number of rotatable bonds is 3. The van der Waals surface area contributed by atoms with E-state index in [2.05, 4.69) is 5.32 Å². The zero-order valence-electron chi connectivity index (χ0n) is 12.4. The molecule has 0 atom stereocenters. The first-order chi connectivity index (χ1) is 10.8. The molecule has 2 aromatic carbocycles. The highest BCUT2D eigenvalue weighted by Gasteiger charge is 2.23. The second-order valence-corrected chi connectivity index (χ2v) is 4.83. The van der Waals surface area contributed by atoms with Gasteiger partial charge in [-0.05, 0) is 31.2 Å². The minimum atomic E-state index is -0.192. The summed E-state index contributed by atoms with van der Waals surface area (Å²) in [5.74, 6) is 1.39. The fraction of sp³-hybridized carbons (Fsp3) is 0.235. The minimum absolute atomic E-state index is 0.192. The fourth-order valence-corrected chi connectivity index (χ4v) is 2.41. The third-order valence-corrected chi connectivity index (χ3v) is 3.40. The van der Waals surface area contributed by atoms with Crippen LogP contribution in [0, 0.1) is 0 Å². The van der Waals surface area contributed by atoms with Gasteiger partial charge in [-0.25, -0.2) is 4.79 Å². The van der Waals surface area contributed by atoms with Crippen molar-refractivity contribution < 1.29 is 14.3 Å². The summed E-state index contributed by atoms with van der Waals surface area (Å²) in [5.41, 5.74) is 1.44. The molecule has 0 aromatic heterocycles. The van der Waals surface area contributed by atoms with E-state index in [1.165, 1.54) is 0 Å². The van der Waals surface area contributed by atoms with Crippen molar-refractivity contribution in [2.45, 2.75) is 6.92 Å². The van der Waals surface area contributed by atoms with Crippen LogP contribution in [0.4, 0.5) is 16.2 Å². The zero-order chi connectivity index (χ0) is 15.4. The number of hydrogen-bond acceptors (Lipinski definition) is 3. The van der Waals surface area contributed by atoms with Gasteiger partial charge in [-0.1, -0.05) is 24.3 Å². The minimum Gasteiger partial charge on any atom is -0.492 e. The van der Waals surface area contributed by atoms with Gasteiger partial charge < -0.3 is 14.8 Å². The van der Waals surface area contributed by atoms with Gasteiger partial charge >= 0.3 is 6.03 Å². The molecule has 22 heavy (non-hydrogen) atoms. The maximum absolute atomic E-state index is 12.6. The molecule has 2 aromatic rings. The topological polar surface area (TPSA) is 50.8 Å². The molecule has 0 radical (unpaired) electrons. The third kappa shape index (κ3) is 2.83. The van der Waals surface area contributed by atoms with E-state index >= 15 is 0 Å². The molecule has 5 nitrogen and oxygen atoms in total. The van der Waals surface area contributed by atoms with E-state index in [0.29, 0.717) is 31.2 Å². The van der Waals surface area contributed by atoms with Gasteiger partial charge in [0, 0.05) is 0 Å². The first-order valence-electron chi connectivity index (χ1n) is 7.31. The van der Waals surface area contributed by atoms with Crippen molar-refractivity contribution in [2.24, 2.45) is 0 Å². The number of hydrogen-bond donors (Lipinski definition) is 1. The summed E-state index contributed by atoms with van der Waals surface area (Å²) in [6.45, 7) is 3.46. The molecule has 1 aliphatic rings. The lowest BCUT2D eigenvalue weighted by atomic mass is 10.2. The van der Waals surface area contributed by atoms with Gasteiger partial charge in [0.1, 0.15) is 18.1 Å². The van der Waals surface area contributed by atoms with Crippen LogP contribution in [0.2, 0.25) is 0 Å². The Morgan fingerprint density at radius 1 is 1.23 bits per heavy atom. The molecule has 0 unspecified atom stereocenters. The van der Waals surface area contributed by atoms with Crippen molar-refractivity contribution in [1.29, 1.82) is 0 Å². The van der Waals surface area contributed by atoms with E-state index < -0.39 is 0 Å². The summed E-state index contributed by atoms with van der Waals surface area (Å²) >= 11 is 0. The number of anilines is 2. The lowest BCUT2D eigenvalue weighted by Gasteiger charge is -2.29. The molecule has 0 aliphatic carbocycles. The normalized spacial score (nSPS) is 13.0. The van der Waals surface area contributed by atoms with E-state index in [4.69, 9.17) is 9.47 Å². The maximum atomic E-state index is 12.6. The highest BCUT2D eigenvalue weighted by molar-refractivity contribution is 6.03. The number of benzene rings is 2. The van der Waals surface area contributed by atoms with Crippen molar-refractivity contribution >= 4 is 17.4 Å². The largest absolute Gasteiger partial charge is 0.492 e. The Hall–Kier alpha value is -2.69. The van der Waals surface area contributed by atoms with Crippen LogP contribution in [0.25, 0.3) is 0 Å². The quantitative estimate of drug-likeness (QED) is 0.943. The smallest absolute Gasteiger partial charge is 0.326 e. The van der Waals surface area contributed by atoms with Crippen LogP contribution in [-0.4, -0.2) is 25.8 Å². The number of carbonyl (C=O) groups excluding carboxylic acids is 1. The van der Waals surface area contributed by atoms with E-state index in [1.54, 1.807) is 4.90 Å². The predicted octanol–water partition coefficient (Wildman–Crippen LogP) is 3.52.